The second-order valence-corrected chi connectivity index (χ2v) is 4.09. The molecule has 1 aromatic carbocycles. The van der Waals surface area contributed by atoms with Crippen molar-refractivity contribution in [2.24, 2.45) is 0 Å². The highest BCUT2D eigenvalue weighted by Crippen LogP contribution is 2.16. The van der Waals surface area contributed by atoms with E-state index in [0.717, 1.165) is 18.8 Å². The third-order valence-corrected chi connectivity index (χ3v) is 2.67. The number of benzene rings is 1. The molecule has 0 amide bonds. The number of hydrogen-bond acceptors (Lipinski definition) is 2. The molecule has 2 aromatic rings. The van der Waals surface area contributed by atoms with Crippen LogP contribution in [0, 0.1) is 0 Å². The Balaban J connectivity index is 2.03. The number of rotatable bonds is 5. The molecule has 0 aliphatic carbocycles. The van der Waals surface area contributed by atoms with Gasteiger partial charge in [-0.3, -0.25) is 4.98 Å². The predicted octanol–water partition coefficient (Wildman–Crippen LogP) is 3.25. The number of pyridine rings is 1. The molecule has 0 aliphatic rings. The van der Waals surface area contributed by atoms with E-state index in [1.54, 1.807) is 0 Å². The van der Waals surface area contributed by atoms with Gasteiger partial charge in [0.05, 0.1) is 5.69 Å². The highest BCUT2D eigenvalue weighted by atomic mass is 14.8. The zero-order valence-electron chi connectivity index (χ0n) is 10.2. The molecule has 1 heterocycles. The van der Waals surface area contributed by atoms with E-state index in [0.29, 0.717) is 0 Å². The molecule has 1 aromatic heterocycles. The van der Waals surface area contributed by atoms with Gasteiger partial charge >= 0.3 is 0 Å². The van der Waals surface area contributed by atoms with E-state index in [9.17, 15) is 0 Å². The van der Waals surface area contributed by atoms with Crippen molar-refractivity contribution in [2.75, 3.05) is 6.54 Å². The molecule has 1 N–H and O–H groups in total. The molecule has 0 bridgehead atoms. The van der Waals surface area contributed by atoms with Crippen LogP contribution in [0.15, 0.2) is 48.7 Å². The Bertz CT molecular complexity index is 434. The lowest BCUT2D eigenvalue weighted by Gasteiger charge is -2.05. The van der Waals surface area contributed by atoms with Gasteiger partial charge in [-0.05, 0) is 30.7 Å². The average molecular weight is 226 g/mol. The van der Waals surface area contributed by atoms with Crippen LogP contribution in [0.1, 0.15) is 18.9 Å². The summed E-state index contributed by atoms with van der Waals surface area (Å²) in [6.45, 7) is 4.19. The zero-order valence-corrected chi connectivity index (χ0v) is 10.2. The minimum absolute atomic E-state index is 0.941. The monoisotopic (exact) mass is 226 g/mol. The summed E-state index contributed by atoms with van der Waals surface area (Å²) in [6, 6.07) is 14.6. The van der Waals surface area contributed by atoms with Gasteiger partial charge < -0.3 is 5.32 Å². The molecular weight excluding hydrogens is 208 g/mol. The number of aromatic nitrogens is 1. The Morgan fingerprint density at radius 1 is 1.06 bits per heavy atom. The first kappa shape index (κ1) is 11.8. The van der Waals surface area contributed by atoms with E-state index in [1.165, 1.54) is 17.5 Å². The van der Waals surface area contributed by atoms with Gasteiger partial charge in [0.25, 0.3) is 0 Å². The molecule has 0 atom stereocenters. The predicted molar refractivity (Wildman–Crippen MR) is 71.7 cm³/mol. The smallest absolute Gasteiger partial charge is 0.0701 e. The minimum Gasteiger partial charge on any atom is -0.313 e. The van der Waals surface area contributed by atoms with Crippen LogP contribution in [0.25, 0.3) is 11.3 Å². The Morgan fingerprint density at radius 3 is 2.53 bits per heavy atom. The minimum atomic E-state index is 0.941. The summed E-state index contributed by atoms with van der Waals surface area (Å²) >= 11 is 0. The summed E-state index contributed by atoms with van der Waals surface area (Å²) in [7, 11) is 0. The van der Waals surface area contributed by atoms with Gasteiger partial charge in [-0.25, -0.2) is 0 Å². The number of nitrogens with zero attached hydrogens (tertiary/aromatic N) is 1. The first-order valence-electron chi connectivity index (χ1n) is 6.11. The molecule has 0 saturated carbocycles. The summed E-state index contributed by atoms with van der Waals surface area (Å²) in [5.41, 5.74) is 3.52. The quantitative estimate of drug-likeness (QED) is 0.792. The van der Waals surface area contributed by atoms with Crippen LogP contribution in [0.2, 0.25) is 0 Å². The molecule has 2 nitrogen and oxygen atoms in total. The van der Waals surface area contributed by atoms with Crippen molar-refractivity contribution >= 4 is 0 Å². The largest absolute Gasteiger partial charge is 0.313 e. The summed E-state index contributed by atoms with van der Waals surface area (Å²) in [6.07, 6.45) is 3.00. The molecule has 0 unspecified atom stereocenters. The lowest BCUT2D eigenvalue weighted by atomic mass is 10.1. The van der Waals surface area contributed by atoms with E-state index < -0.39 is 0 Å². The van der Waals surface area contributed by atoms with Crippen LogP contribution in [0.4, 0.5) is 0 Å². The molecule has 0 radical (unpaired) electrons. The van der Waals surface area contributed by atoms with Crippen LogP contribution in [0.5, 0.6) is 0 Å². The van der Waals surface area contributed by atoms with Crippen LogP contribution in [-0.2, 0) is 6.54 Å². The second-order valence-electron chi connectivity index (χ2n) is 4.09. The first-order valence-corrected chi connectivity index (χ1v) is 6.11. The second kappa shape index (κ2) is 6.16. The topological polar surface area (TPSA) is 24.9 Å². The van der Waals surface area contributed by atoms with E-state index in [2.05, 4.69) is 41.5 Å². The summed E-state index contributed by atoms with van der Waals surface area (Å²) in [4.78, 5) is 4.34. The highest BCUT2D eigenvalue weighted by Gasteiger charge is 1.98. The Labute approximate surface area is 103 Å². The lowest BCUT2D eigenvalue weighted by Crippen LogP contribution is -2.13. The van der Waals surface area contributed by atoms with Crippen LogP contribution in [-0.4, -0.2) is 11.5 Å². The number of nitrogens with one attached hydrogen (secondary N) is 1. The van der Waals surface area contributed by atoms with Crippen molar-refractivity contribution in [2.45, 2.75) is 19.9 Å². The summed E-state index contributed by atoms with van der Waals surface area (Å²) < 4.78 is 0. The Morgan fingerprint density at radius 2 is 1.88 bits per heavy atom. The Hall–Kier alpha value is -1.67. The third kappa shape index (κ3) is 3.40. The Kier molecular flexibility index (Phi) is 4.28. The van der Waals surface area contributed by atoms with Gasteiger partial charge in [-0.2, -0.15) is 0 Å². The molecule has 0 spiro atoms. The van der Waals surface area contributed by atoms with Crippen LogP contribution in [0.3, 0.4) is 0 Å². The van der Waals surface area contributed by atoms with Crippen molar-refractivity contribution in [1.29, 1.82) is 0 Å². The fourth-order valence-electron chi connectivity index (χ4n) is 1.74. The van der Waals surface area contributed by atoms with Gasteiger partial charge in [-0.15, -0.1) is 0 Å². The maximum Gasteiger partial charge on any atom is 0.0701 e. The van der Waals surface area contributed by atoms with Crippen LogP contribution >= 0.6 is 0 Å². The molecule has 0 aliphatic heterocycles. The van der Waals surface area contributed by atoms with Crippen LogP contribution < -0.4 is 5.32 Å². The van der Waals surface area contributed by atoms with Crippen molar-refractivity contribution < 1.29 is 0 Å². The fraction of sp³-hybridized carbons (Fsp3) is 0.267. The summed E-state index contributed by atoms with van der Waals surface area (Å²) in [5, 5.41) is 3.39. The van der Waals surface area contributed by atoms with E-state index in [-0.39, 0.29) is 0 Å². The fourth-order valence-corrected chi connectivity index (χ4v) is 1.74. The summed E-state index contributed by atoms with van der Waals surface area (Å²) in [5.74, 6) is 0. The van der Waals surface area contributed by atoms with Gasteiger partial charge in [0.2, 0.25) is 0 Å². The van der Waals surface area contributed by atoms with E-state index >= 15 is 0 Å². The maximum absolute atomic E-state index is 4.34. The molecule has 17 heavy (non-hydrogen) atoms. The standard InChI is InChI=1S/C15H18N2/c1-2-10-16-12-13-6-8-14(9-7-13)15-5-3-4-11-17-15/h3-9,11,16H,2,10,12H2,1H3. The van der Waals surface area contributed by atoms with E-state index in [4.69, 9.17) is 0 Å². The highest BCUT2D eigenvalue weighted by molar-refractivity contribution is 5.58. The number of hydrogen-bond donors (Lipinski definition) is 1. The average Bonchev–Trinajstić information content (AvgIpc) is 2.41. The van der Waals surface area contributed by atoms with Crippen molar-refractivity contribution in [3.05, 3.63) is 54.2 Å². The molecular formula is C15H18N2. The molecule has 0 saturated heterocycles. The molecule has 2 heteroatoms. The first-order chi connectivity index (χ1) is 8.40. The van der Waals surface area contributed by atoms with Crippen molar-refractivity contribution in [3.63, 3.8) is 0 Å². The van der Waals surface area contributed by atoms with Crippen molar-refractivity contribution in [3.8, 4) is 11.3 Å². The molecule has 88 valence electrons. The van der Waals surface area contributed by atoms with Gasteiger partial charge in [0, 0.05) is 18.3 Å². The molecule has 2 rings (SSSR count). The van der Waals surface area contributed by atoms with Gasteiger partial charge in [-0.1, -0.05) is 37.3 Å². The van der Waals surface area contributed by atoms with E-state index in [1.807, 2.05) is 24.4 Å². The zero-order chi connectivity index (χ0) is 11.9. The molecule has 0 fully saturated rings. The maximum atomic E-state index is 4.34. The SMILES string of the molecule is CCCNCc1ccc(-c2ccccn2)cc1. The van der Waals surface area contributed by atoms with Gasteiger partial charge in [0.15, 0.2) is 0 Å². The normalized spacial score (nSPS) is 10.4. The van der Waals surface area contributed by atoms with Crippen molar-refractivity contribution in [1.82, 2.24) is 10.3 Å². The van der Waals surface area contributed by atoms with Gasteiger partial charge in [0.1, 0.15) is 0 Å². The third-order valence-electron chi connectivity index (χ3n) is 2.67. The lowest BCUT2D eigenvalue weighted by molar-refractivity contribution is 0.675.